The van der Waals surface area contributed by atoms with Crippen molar-refractivity contribution in [3.05, 3.63) is 71.3 Å². The van der Waals surface area contributed by atoms with Gasteiger partial charge >= 0.3 is 0 Å². The van der Waals surface area contributed by atoms with Crippen molar-refractivity contribution in [2.45, 2.75) is 19.2 Å². The molecule has 0 aliphatic rings. The molecule has 0 radical (unpaired) electrons. The van der Waals surface area contributed by atoms with Crippen LogP contribution in [0.3, 0.4) is 0 Å². The third-order valence-corrected chi connectivity index (χ3v) is 6.28. The average Bonchev–Trinajstić information content (AvgIpc) is 2.62. The van der Waals surface area contributed by atoms with Crippen LogP contribution in [-0.2, 0) is 27.1 Å². The molecule has 0 aliphatic carbocycles. The Morgan fingerprint density at radius 1 is 1.07 bits per heavy atom. The Morgan fingerprint density at radius 3 is 2.41 bits per heavy atom. The Kier molecular flexibility index (Phi) is 8.34. The van der Waals surface area contributed by atoms with E-state index in [1.807, 2.05) is 42.5 Å². The molecule has 2 aromatic carbocycles. The van der Waals surface area contributed by atoms with Crippen molar-refractivity contribution in [1.82, 2.24) is 9.62 Å². The highest BCUT2D eigenvalue weighted by molar-refractivity contribution is 7.98. The molecule has 27 heavy (non-hydrogen) atoms. The second-order valence-corrected chi connectivity index (χ2v) is 9.43. The fourth-order valence-corrected chi connectivity index (χ4v) is 4.18. The highest BCUT2D eigenvalue weighted by Gasteiger charge is 2.20. The van der Waals surface area contributed by atoms with Crippen LogP contribution in [0.15, 0.2) is 54.6 Å². The minimum absolute atomic E-state index is 0.170. The summed E-state index contributed by atoms with van der Waals surface area (Å²) in [6.07, 6.45) is 1.13. The number of aryl methyl sites for hydroxylation is 1. The lowest BCUT2D eigenvalue weighted by molar-refractivity contribution is -0.121. The van der Waals surface area contributed by atoms with E-state index in [-0.39, 0.29) is 19.0 Å². The molecule has 0 aliphatic heterocycles. The van der Waals surface area contributed by atoms with Gasteiger partial charge in [0.05, 0.1) is 12.8 Å². The van der Waals surface area contributed by atoms with Crippen LogP contribution in [0.1, 0.15) is 16.7 Å². The van der Waals surface area contributed by atoms with Crippen molar-refractivity contribution in [2.24, 2.45) is 0 Å². The van der Waals surface area contributed by atoms with Gasteiger partial charge in [-0.15, -0.1) is 0 Å². The summed E-state index contributed by atoms with van der Waals surface area (Å²) in [6.45, 7) is 2.62. The maximum Gasteiger partial charge on any atom is 0.235 e. The molecule has 1 N–H and O–H groups in total. The molecular formula is C20H26N2O3S2. The van der Waals surface area contributed by atoms with E-state index in [0.717, 1.165) is 23.3 Å². The Morgan fingerprint density at radius 2 is 1.74 bits per heavy atom. The minimum atomic E-state index is -3.47. The molecule has 0 unspecified atom stereocenters. The van der Waals surface area contributed by atoms with Crippen LogP contribution in [0, 0.1) is 6.92 Å². The van der Waals surface area contributed by atoms with Gasteiger partial charge in [-0.2, -0.15) is 16.1 Å². The summed E-state index contributed by atoms with van der Waals surface area (Å²) in [5.74, 6) is 1.39. The summed E-state index contributed by atoms with van der Waals surface area (Å²) in [7, 11) is -3.47. The number of nitrogens with one attached hydrogen (secondary N) is 1. The molecule has 0 heterocycles. The molecule has 5 nitrogen and oxygen atoms in total. The van der Waals surface area contributed by atoms with Crippen molar-refractivity contribution >= 4 is 27.7 Å². The van der Waals surface area contributed by atoms with Crippen LogP contribution in [-0.4, -0.2) is 43.7 Å². The van der Waals surface area contributed by atoms with Gasteiger partial charge in [0.25, 0.3) is 0 Å². The van der Waals surface area contributed by atoms with Crippen LogP contribution in [0.5, 0.6) is 0 Å². The summed E-state index contributed by atoms with van der Waals surface area (Å²) in [5.41, 5.74) is 3.41. The summed E-state index contributed by atoms with van der Waals surface area (Å²) < 4.78 is 25.1. The van der Waals surface area contributed by atoms with E-state index < -0.39 is 10.0 Å². The number of sulfonamides is 1. The Balaban J connectivity index is 1.76. The molecule has 1 amide bonds. The maximum atomic E-state index is 12.2. The van der Waals surface area contributed by atoms with E-state index in [1.54, 1.807) is 11.8 Å². The van der Waals surface area contributed by atoms with Crippen LogP contribution in [0.25, 0.3) is 0 Å². The zero-order valence-electron chi connectivity index (χ0n) is 15.7. The van der Waals surface area contributed by atoms with Crippen molar-refractivity contribution < 1.29 is 13.2 Å². The fraction of sp³-hybridized carbons (Fsp3) is 0.350. The van der Waals surface area contributed by atoms with E-state index in [9.17, 15) is 13.2 Å². The third-order valence-electron chi connectivity index (χ3n) is 4.08. The average molecular weight is 407 g/mol. The van der Waals surface area contributed by atoms with Crippen molar-refractivity contribution in [1.29, 1.82) is 0 Å². The van der Waals surface area contributed by atoms with Gasteiger partial charge in [0.15, 0.2) is 0 Å². The summed E-state index contributed by atoms with van der Waals surface area (Å²) >= 11 is 1.74. The number of amides is 1. The van der Waals surface area contributed by atoms with Crippen LogP contribution in [0.2, 0.25) is 0 Å². The van der Waals surface area contributed by atoms with Gasteiger partial charge in [-0.05, 0) is 23.6 Å². The van der Waals surface area contributed by atoms with Gasteiger partial charge in [-0.3, -0.25) is 4.79 Å². The molecule has 0 saturated heterocycles. The molecule has 0 bridgehead atoms. The predicted octanol–water partition coefficient (Wildman–Crippen LogP) is 2.81. The normalized spacial score (nSPS) is 11.5. The molecule has 0 saturated carbocycles. The van der Waals surface area contributed by atoms with E-state index in [2.05, 4.69) is 24.4 Å². The zero-order chi connectivity index (χ0) is 19.7. The molecule has 7 heteroatoms. The molecule has 146 valence electrons. The van der Waals surface area contributed by atoms with Crippen LogP contribution < -0.4 is 5.32 Å². The molecule has 0 aromatic heterocycles. The van der Waals surface area contributed by atoms with Gasteiger partial charge in [0.1, 0.15) is 0 Å². The first-order valence-corrected chi connectivity index (χ1v) is 11.7. The van der Waals surface area contributed by atoms with E-state index in [0.29, 0.717) is 6.54 Å². The lowest BCUT2D eigenvalue weighted by Gasteiger charge is -2.19. The number of hydrogen-bond donors (Lipinski definition) is 1. The minimum Gasteiger partial charge on any atom is -0.354 e. The number of carbonyl (C=O) groups excluding carboxylic acids is 1. The quantitative estimate of drug-likeness (QED) is 0.616. The zero-order valence-corrected chi connectivity index (χ0v) is 17.4. The van der Waals surface area contributed by atoms with Gasteiger partial charge in [-0.1, -0.05) is 54.6 Å². The first-order chi connectivity index (χ1) is 12.9. The molecule has 0 fully saturated rings. The number of rotatable bonds is 10. The Hall–Kier alpha value is -1.83. The number of carbonyl (C=O) groups is 1. The Labute approximate surface area is 166 Å². The maximum absolute atomic E-state index is 12.2. The SMILES string of the molecule is Cc1ccccc1CSCCNC(=O)CN(Cc1ccccc1)S(C)(=O)=O. The summed E-state index contributed by atoms with van der Waals surface area (Å²) in [4.78, 5) is 12.2. The first-order valence-electron chi connectivity index (χ1n) is 8.74. The second kappa shape index (κ2) is 10.5. The first kappa shape index (κ1) is 21.5. The molecule has 0 atom stereocenters. The standard InChI is InChI=1S/C20H26N2O3S2/c1-17-8-6-7-11-19(17)16-26-13-12-21-20(23)15-22(27(2,24)25)14-18-9-4-3-5-10-18/h3-11H,12-16H2,1-2H3,(H,21,23). The monoisotopic (exact) mass is 406 g/mol. The van der Waals surface area contributed by atoms with Gasteiger partial charge in [0.2, 0.25) is 15.9 Å². The van der Waals surface area contributed by atoms with Crippen molar-refractivity contribution in [3.8, 4) is 0 Å². The van der Waals surface area contributed by atoms with Crippen LogP contribution in [0.4, 0.5) is 0 Å². The van der Waals surface area contributed by atoms with E-state index >= 15 is 0 Å². The lowest BCUT2D eigenvalue weighted by atomic mass is 10.1. The number of benzene rings is 2. The topological polar surface area (TPSA) is 66.5 Å². The number of thioether (sulfide) groups is 1. The molecule has 2 rings (SSSR count). The lowest BCUT2D eigenvalue weighted by Crippen LogP contribution is -2.40. The van der Waals surface area contributed by atoms with Crippen LogP contribution >= 0.6 is 11.8 Å². The molecule has 0 spiro atoms. The van der Waals surface area contributed by atoms with Gasteiger partial charge in [-0.25, -0.2) is 8.42 Å². The van der Waals surface area contributed by atoms with Crippen molar-refractivity contribution in [3.63, 3.8) is 0 Å². The smallest absolute Gasteiger partial charge is 0.235 e. The summed E-state index contributed by atoms with van der Waals surface area (Å²) in [6, 6.07) is 17.5. The number of nitrogens with zero attached hydrogens (tertiary/aromatic N) is 1. The fourth-order valence-electron chi connectivity index (χ4n) is 2.51. The number of hydrogen-bond acceptors (Lipinski definition) is 4. The predicted molar refractivity (Wildman–Crippen MR) is 112 cm³/mol. The third kappa shape index (κ3) is 7.74. The molecule has 2 aromatic rings. The highest BCUT2D eigenvalue weighted by atomic mass is 32.2. The Bertz CT molecular complexity index is 839. The summed E-state index contributed by atoms with van der Waals surface area (Å²) in [5, 5.41) is 2.81. The van der Waals surface area contributed by atoms with E-state index in [4.69, 9.17) is 0 Å². The van der Waals surface area contributed by atoms with Gasteiger partial charge in [0, 0.05) is 24.6 Å². The largest absolute Gasteiger partial charge is 0.354 e. The second-order valence-electron chi connectivity index (χ2n) is 6.35. The van der Waals surface area contributed by atoms with Gasteiger partial charge < -0.3 is 5.32 Å². The van der Waals surface area contributed by atoms with E-state index in [1.165, 1.54) is 15.4 Å². The molecular weight excluding hydrogens is 380 g/mol. The highest BCUT2D eigenvalue weighted by Crippen LogP contribution is 2.15. The van der Waals surface area contributed by atoms with Crippen molar-refractivity contribution in [2.75, 3.05) is 25.1 Å².